The second-order valence-electron chi connectivity index (χ2n) is 3.75. The SMILES string of the molecule is CC1OCCC1C(=O)Cc1ccoc1. The first-order valence-corrected chi connectivity index (χ1v) is 4.93. The number of hydrogen-bond donors (Lipinski definition) is 0. The molecule has 2 unspecified atom stereocenters. The highest BCUT2D eigenvalue weighted by molar-refractivity contribution is 5.83. The third kappa shape index (κ3) is 1.87. The van der Waals surface area contributed by atoms with Gasteiger partial charge < -0.3 is 9.15 Å². The van der Waals surface area contributed by atoms with Crippen molar-refractivity contribution in [3.8, 4) is 0 Å². The van der Waals surface area contributed by atoms with E-state index in [1.54, 1.807) is 12.5 Å². The zero-order valence-corrected chi connectivity index (χ0v) is 8.23. The molecule has 0 bridgehead atoms. The highest BCUT2D eigenvalue weighted by Gasteiger charge is 2.30. The van der Waals surface area contributed by atoms with Crippen LogP contribution in [0.25, 0.3) is 0 Å². The zero-order valence-electron chi connectivity index (χ0n) is 8.23. The van der Waals surface area contributed by atoms with Crippen LogP contribution in [-0.4, -0.2) is 18.5 Å². The van der Waals surface area contributed by atoms with Gasteiger partial charge in [0.05, 0.1) is 18.6 Å². The molecule has 1 saturated heterocycles. The summed E-state index contributed by atoms with van der Waals surface area (Å²) in [6.45, 7) is 2.67. The molecular formula is C11H14O3. The zero-order chi connectivity index (χ0) is 9.97. The summed E-state index contributed by atoms with van der Waals surface area (Å²) >= 11 is 0. The predicted octanol–water partition coefficient (Wildman–Crippen LogP) is 1.82. The van der Waals surface area contributed by atoms with Gasteiger partial charge in [0.2, 0.25) is 0 Å². The van der Waals surface area contributed by atoms with Gasteiger partial charge in [-0.05, 0) is 25.0 Å². The molecule has 0 radical (unpaired) electrons. The van der Waals surface area contributed by atoms with E-state index in [-0.39, 0.29) is 17.8 Å². The van der Waals surface area contributed by atoms with Crippen LogP contribution >= 0.6 is 0 Å². The van der Waals surface area contributed by atoms with Gasteiger partial charge in [0.1, 0.15) is 5.78 Å². The van der Waals surface area contributed by atoms with E-state index in [0.29, 0.717) is 13.0 Å². The summed E-state index contributed by atoms with van der Waals surface area (Å²) in [5, 5.41) is 0. The summed E-state index contributed by atoms with van der Waals surface area (Å²) in [4.78, 5) is 11.8. The Morgan fingerprint density at radius 3 is 3.07 bits per heavy atom. The molecule has 0 aromatic carbocycles. The third-order valence-electron chi connectivity index (χ3n) is 2.75. The topological polar surface area (TPSA) is 39.4 Å². The monoisotopic (exact) mass is 194 g/mol. The van der Waals surface area contributed by atoms with Crippen molar-refractivity contribution in [1.29, 1.82) is 0 Å². The summed E-state index contributed by atoms with van der Waals surface area (Å²) in [7, 11) is 0. The van der Waals surface area contributed by atoms with Crippen LogP contribution < -0.4 is 0 Å². The average Bonchev–Trinajstić information content (AvgIpc) is 2.75. The Bertz CT molecular complexity index is 302. The molecule has 1 aromatic heterocycles. The fourth-order valence-corrected chi connectivity index (χ4v) is 1.88. The van der Waals surface area contributed by atoms with Gasteiger partial charge in [0.25, 0.3) is 0 Å². The van der Waals surface area contributed by atoms with Gasteiger partial charge in [0, 0.05) is 18.9 Å². The van der Waals surface area contributed by atoms with Crippen molar-refractivity contribution in [2.24, 2.45) is 5.92 Å². The Morgan fingerprint density at radius 1 is 1.64 bits per heavy atom. The Kier molecular flexibility index (Phi) is 2.68. The molecule has 1 aliphatic rings. The number of Topliss-reactive ketones (excluding diaryl/α,β-unsaturated/α-hetero) is 1. The second kappa shape index (κ2) is 3.96. The number of rotatable bonds is 3. The molecule has 0 aliphatic carbocycles. The fourth-order valence-electron chi connectivity index (χ4n) is 1.88. The van der Waals surface area contributed by atoms with E-state index in [1.165, 1.54) is 0 Å². The van der Waals surface area contributed by atoms with Crippen molar-refractivity contribution in [3.05, 3.63) is 24.2 Å². The predicted molar refractivity (Wildman–Crippen MR) is 50.9 cm³/mol. The molecule has 3 nitrogen and oxygen atoms in total. The highest BCUT2D eigenvalue weighted by atomic mass is 16.5. The molecule has 76 valence electrons. The van der Waals surface area contributed by atoms with Crippen molar-refractivity contribution in [2.75, 3.05) is 6.61 Å². The van der Waals surface area contributed by atoms with Crippen molar-refractivity contribution in [3.63, 3.8) is 0 Å². The maximum Gasteiger partial charge on any atom is 0.143 e. The molecule has 14 heavy (non-hydrogen) atoms. The Hall–Kier alpha value is -1.09. The molecule has 2 atom stereocenters. The molecule has 0 N–H and O–H groups in total. The van der Waals surface area contributed by atoms with Crippen molar-refractivity contribution >= 4 is 5.78 Å². The van der Waals surface area contributed by atoms with Gasteiger partial charge in [-0.1, -0.05) is 0 Å². The summed E-state index contributed by atoms with van der Waals surface area (Å²) in [5.74, 6) is 0.335. The average molecular weight is 194 g/mol. The summed E-state index contributed by atoms with van der Waals surface area (Å²) in [6.07, 6.45) is 4.62. The van der Waals surface area contributed by atoms with Crippen LogP contribution in [0.15, 0.2) is 23.0 Å². The molecule has 1 fully saturated rings. The van der Waals surface area contributed by atoms with Crippen LogP contribution in [0, 0.1) is 5.92 Å². The van der Waals surface area contributed by atoms with Crippen LogP contribution in [0.2, 0.25) is 0 Å². The summed E-state index contributed by atoms with van der Waals surface area (Å²) in [6, 6.07) is 1.83. The lowest BCUT2D eigenvalue weighted by atomic mass is 9.94. The fraction of sp³-hybridized carbons (Fsp3) is 0.545. The standard InChI is InChI=1S/C11H14O3/c1-8-10(3-5-14-8)11(12)6-9-2-4-13-7-9/h2,4,7-8,10H,3,5-6H2,1H3. The van der Waals surface area contributed by atoms with E-state index >= 15 is 0 Å². The number of ketones is 1. The van der Waals surface area contributed by atoms with E-state index in [0.717, 1.165) is 12.0 Å². The third-order valence-corrected chi connectivity index (χ3v) is 2.75. The maximum absolute atomic E-state index is 11.8. The molecule has 0 spiro atoms. The maximum atomic E-state index is 11.8. The lowest BCUT2D eigenvalue weighted by Crippen LogP contribution is -2.22. The van der Waals surface area contributed by atoms with Crippen LogP contribution in [0.3, 0.4) is 0 Å². The first-order chi connectivity index (χ1) is 6.77. The Balaban J connectivity index is 1.95. The number of ether oxygens (including phenoxy) is 1. The summed E-state index contributed by atoms with van der Waals surface area (Å²) in [5.41, 5.74) is 0.953. The van der Waals surface area contributed by atoms with E-state index in [9.17, 15) is 4.79 Å². The lowest BCUT2D eigenvalue weighted by molar-refractivity contribution is -0.123. The van der Waals surface area contributed by atoms with Gasteiger partial charge in [-0.25, -0.2) is 0 Å². The van der Waals surface area contributed by atoms with E-state index < -0.39 is 0 Å². The van der Waals surface area contributed by atoms with Gasteiger partial charge in [-0.15, -0.1) is 0 Å². The molecule has 0 amide bonds. The van der Waals surface area contributed by atoms with Gasteiger partial charge >= 0.3 is 0 Å². The van der Waals surface area contributed by atoms with Gasteiger partial charge in [-0.3, -0.25) is 4.79 Å². The molecule has 2 rings (SSSR count). The molecular weight excluding hydrogens is 180 g/mol. The second-order valence-corrected chi connectivity index (χ2v) is 3.75. The lowest BCUT2D eigenvalue weighted by Gasteiger charge is -2.11. The Morgan fingerprint density at radius 2 is 2.50 bits per heavy atom. The van der Waals surface area contributed by atoms with Crippen LogP contribution in [0.4, 0.5) is 0 Å². The van der Waals surface area contributed by atoms with Crippen molar-refractivity contribution in [1.82, 2.24) is 0 Å². The van der Waals surface area contributed by atoms with Crippen LogP contribution in [0.1, 0.15) is 18.9 Å². The van der Waals surface area contributed by atoms with Gasteiger partial charge in [-0.2, -0.15) is 0 Å². The van der Waals surface area contributed by atoms with Crippen LogP contribution in [0.5, 0.6) is 0 Å². The first kappa shape index (κ1) is 9.46. The minimum absolute atomic E-state index is 0.0740. The van der Waals surface area contributed by atoms with Crippen molar-refractivity contribution in [2.45, 2.75) is 25.9 Å². The van der Waals surface area contributed by atoms with E-state index in [4.69, 9.17) is 9.15 Å². The van der Waals surface area contributed by atoms with Crippen LogP contribution in [-0.2, 0) is 16.0 Å². The number of carbonyl (C=O) groups excluding carboxylic acids is 1. The normalized spacial score (nSPS) is 26.6. The minimum atomic E-state index is 0.0740. The van der Waals surface area contributed by atoms with E-state index in [1.807, 2.05) is 13.0 Å². The number of furan rings is 1. The molecule has 0 saturated carbocycles. The molecule has 1 aromatic rings. The number of hydrogen-bond acceptors (Lipinski definition) is 3. The smallest absolute Gasteiger partial charge is 0.143 e. The summed E-state index contributed by atoms with van der Waals surface area (Å²) < 4.78 is 10.3. The van der Waals surface area contributed by atoms with E-state index in [2.05, 4.69) is 0 Å². The first-order valence-electron chi connectivity index (χ1n) is 4.93. The van der Waals surface area contributed by atoms with Gasteiger partial charge in [0.15, 0.2) is 0 Å². The minimum Gasteiger partial charge on any atom is -0.472 e. The molecule has 3 heteroatoms. The molecule has 1 aliphatic heterocycles. The van der Waals surface area contributed by atoms with Crippen molar-refractivity contribution < 1.29 is 13.9 Å². The highest BCUT2D eigenvalue weighted by Crippen LogP contribution is 2.22. The molecule has 2 heterocycles. The number of carbonyl (C=O) groups is 1. The largest absolute Gasteiger partial charge is 0.472 e. The Labute approximate surface area is 83.0 Å². The quantitative estimate of drug-likeness (QED) is 0.736.